The number of hydrogen-bond donors (Lipinski definition) is 1. The van der Waals surface area contributed by atoms with Gasteiger partial charge in [0.25, 0.3) is 0 Å². The molecule has 3 rings (SSSR count). The molecule has 0 atom stereocenters. The lowest BCUT2D eigenvalue weighted by molar-refractivity contribution is -0.0278. The largest absolute Gasteiger partial charge is 0.497 e. The maximum Gasteiger partial charge on any atom is 0.123 e. The third kappa shape index (κ3) is 4.17. The first-order valence-corrected chi connectivity index (χ1v) is 9.25. The molecule has 2 aromatic carbocycles. The summed E-state index contributed by atoms with van der Waals surface area (Å²) in [5.74, 6) is 1.70. The summed E-state index contributed by atoms with van der Waals surface area (Å²) in [6, 6.07) is 13.9. The van der Waals surface area contributed by atoms with Crippen molar-refractivity contribution in [3.63, 3.8) is 0 Å². The third-order valence-electron chi connectivity index (χ3n) is 4.95. The minimum atomic E-state index is -0.740. The van der Waals surface area contributed by atoms with Crippen LogP contribution in [0.4, 0.5) is 0 Å². The molecule has 0 unspecified atom stereocenters. The maximum atomic E-state index is 11.0. The van der Waals surface area contributed by atoms with E-state index >= 15 is 0 Å². The maximum absolute atomic E-state index is 11.0. The van der Waals surface area contributed by atoms with Crippen LogP contribution in [0.1, 0.15) is 24.0 Å². The molecule has 0 spiro atoms. The number of ether oxygens (including phenoxy) is 2. The normalized spacial score (nSPS) is 17.3. The van der Waals surface area contributed by atoms with Gasteiger partial charge in [-0.2, -0.15) is 0 Å². The zero-order valence-electron chi connectivity index (χ0n) is 14.7. The molecule has 1 heterocycles. The summed E-state index contributed by atoms with van der Waals surface area (Å²) in [7, 11) is 3.36. The Morgan fingerprint density at radius 2 is 1.72 bits per heavy atom. The first-order chi connectivity index (χ1) is 12.0. The Labute approximate surface area is 157 Å². The van der Waals surface area contributed by atoms with E-state index in [1.807, 2.05) is 42.5 Å². The van der Waals surface area contributed by atoms with E-state index in [-0.39, 0.29) is 0 Å². The van der Waals surface area contributed by atoms with Gasteiger partial charge in [0.1, 0.15) is 11.5 Å². The molecule has 1 saturated heterocycles. The lowest BCUT2D eigenvalue weighted by Gasteiger charge is -2.38. The molecule has 1 fully saturated rings. The lowest BCUT2D eigenvalue weighted by atomic mass is 9.84. The highest BCUT2D eigenvalue weighted by Crippen LogP contribution is 2.34. The minimum Gasteiger partial charge on any atom is -0.497 e. The molecule has 0 amide bonds. The fraction of sp³-hybridized carbons (Fsp3) is 0.400. The van der Waals surface area contributed by atoms with Crippen LogP contribution in [-0.4, -0.2) is 37.3 Å². The zero-order chi connectivity index (χ0) is 17.9. The molecule has 0 saturated carbocycles. The van der Waals surface area contributed by atoms with Gasteiger partial charge in [-0.25, -0.2) is 0 Å². The van der Waals surface area contributed by atoms with Crippen LogP contribution in [0.2, 0.25) is 0 Å². The molecule has 0 aliphatic carbocycles. The Bertz CT molecular complexity index is 709. The molecule has 2 aromatic rings. The Balaban J connectivity index is 1.67. The van der Waals surface area contributed by atoms with Crippen LogP contribution in [0.25, 0.3) is 0 Å². The highest BCUT2D eigenvalue weighted by molar-refractivity contribution is 9.10. The van der Waals surface area contributed by atoms with Gasteiger partial charge in [0.15, 0.2) is 0 Å². The molecule has 134 valence electrons. The van der Waals surface area contributed by atoms with Crippen LogP contribution in [-0.2, 0) is 12.1 Å². The summed E-state index contributed by atoms with van der Waals surface area (Å²) in [4.78, 5) is 2.35. The number of piperidine rings is 1. The number of nitrogens with zero attached hydrogens (tertiary/aromatic N) is 1. The second-order valence-corrected chi connectivity index (χ2v) is 7.41. The van der Waals surface area contributed by atoms with Gasteiger partial charge in [-0.15, -0.1) is 0 Å². The van der Waals surface area contributed by atoms with E-state index in [0.717, 1.165) is 59.6 Å². The molecule has 0 aromatic heterocycles. The topological polar surface area (TPSA) is 41.9 Å². The highest BCUT2D eigenvalue weighted by atomic mass is 79.9. The summed E-state index contributed by atoms with van der Waals surface area (Å²) in [6.45, 7) is 2.47. The van der Waals surface area contributed by atoms with E-state index in [0.29, 0.717) is 0 Å². The van der Waals surface area contributed by atoms with Crippen LogP contribution in [0.5, 0.6) is 11.5 Å². The van der Waals surface area contributed by atoms with Crippen molar-refractivity contribution in [2.45, 2.75) is 25.0 Å². The molecule has 0 bridgehead atoms. The summed E-state index contributed by atoms with van der Waals surface area (Å²) in [5.41, 5.74) is 1.36. The average molecular weight is 406 g/mol. The van der Waals surface area contributed by atoms with E-state index in [1.54, 1.807) is 14.2 Å². The Morgan fingerprint density at radius 3 is 2.32 bits per heavy atom. The molecular formula is C20H24BrNO3. The predicted molar refractivity (Wildman–Crippen MR) is 102 cm³/mol. The van der Waals surface area contributed by atoms with Crippen molar-refractivity contribution in [3.05, 3.63) is 58.1 Å². The van der Waals surface area contributed by atoms with E-state index in [9.17, 15) is 5.11 Å². The predicted octanol–water partition coefficient (Wildman–Crippen LogP) is 3.95. The first kappa shape index (κ1) is 18.2. The van der Waals surface area contributed by atoms with Crippen molar-refractivity contribution in [1.82, 2.24) is 4.90 Å². The van der Waals surface area contributed by atoms with E-state index in [2.05, 4.69) is 20.8 Å². The highest BCUT2D eigenvalue weighted by Gasteiger charge is 2.34. The number of rotatable bonds is 5. The fourth-order valence-corrected chi connectivity index (χ4v) is 3.64. The monoisotopic (exact) mass is 405 g/mol. The summed E-state index contributed by atoms with van der Waals surface area (Å²) in [5, 5.41) is 11.0. The minimum absolute atomic E-state index is 0.723. The molecule has 0 radical (unpaired) electrons. The smallest absolute Gasteiger partial charge is 0.123 e. The average Bonchev–Trinajstić information content (AvgIpc) is 2.64. The van der Waals surface area contributed by atoms with Gasteiger partial charge in [0.2, 0.25) is 0 Å². The summed E-state index contributed by atoms with van der Waals surface area (Å²) >= 11 is 3.45. The van der Waals surface area contributed by atoms with Gasteiger partial charge in [0.05, 0.1) is 19.8 Å². The van der Waals surface area contributed by atoms with Gasteiger partial charge in [-0.05, 0) is 48.7 Å². The van der Waals surface area contributed by atoms with Crippen LogP contribution in [0.15, 0.2) is 46.9 Å². The van der Waals surface area contributed by atoms with Gasteiger partial charge >= 0.3 is 0 Å². The Hall–Kier alpha value is -1.56. The van der Waals surface area contributed by atoms with Gasteiger partial charge < -0.3 is 14.6 Å². The molecule has 1 aliphatic heterocycles. The fourth-order valence-electron chi connectivity index (χ4n) is 3.38. The molecule has 1 aliphatic rings. The summed E-state index contributed by atoms with van der Waals surface area (Å²) in [6.07, 6.45) is 1.45. The van der Waals surface area contributed by atoms with Crippen molar-refractivity contribution in [2.24, 2.45) is 0 Å². The number of aliphatic hydroxyl groups is 1. The van der Waals surface area contributed by atoms with Gasteiger partial charge in [0, 0.05) is 29.7 Å². The third-order valence-corrected chi connectivity index (χ3v) is 5.47. The van der Waals surface area contributed by atoms with Crippen molar-refractivity contribution < 1.29 is 14.6 Å². The van der Waals surface area contributed by atoms with E-state index < -0.39 is 5.60 Å². The van der Waals surface area contributed by atoms with Gasteiger partial charge in [-0.1, -0.05) is 28.1 Å². The SMILES string of the molecule is COc1ccc(OC)c(CN2CCC(O)(c3ccc(Br)cc3)CC2)c1. The number of likely N-dealkylation sites (tertiary alicyclic amines) is 1. The van der Waals surface area contributed by atoms with Crippen LogP contribution in [0, 0.1) is 0 Å². The standard InChI is InChI=1S/C20H24BrNO3/c1-24-18-7-8-19(25-2)15(13-18)14-22-11-9-20(23,10-12-22)16-3-5-17(21)6-4-16/h3-8,13,23H,9-12,14H2,1-2H3. The van der Waals surface area contributed by atoms with Crippen molar-refractivity contribution in [3.8, 4) is 11.5 Å². The summed E-state index contributed by atoms with van der Waals surface area (Å²) < 4.78 is 11.8. The van der Waals surface area contributed by atoms with Crippen molar-refractivity contribution in [2.75, 3.05) is 27.3 Å². The van der Waals surface area contributed by atoms with Crippen LogP contribution in [0.3, 0.4) is 0 Å². The lowest BCUT2D eigenvalue weighted by Crippen LogP contribution is -2.42. The van der Waals surface area contributed by atoms with E-state index in [4.69, 9.17) is 9.47 Å². The zero-order valence-corrected chi connectivity index (χ0v) is 16.3. The van der Waals surface area contributed by atoms with Crippen molar-refractivity contribution >= 4 is 15.9 Å². The molecule has 25 heavy (non-hydrogen) atoms. The van der Waals surface area contributed by atoms with E-state index in [1.165, 1.54) is 0 Å². The number of hydrogen-bond acceptors (Lipinski definition) is 4. The molecule has 5 heteroatoms. The number of methoxy groups -OCH3 is 2. The molecule has 1 N–H and O–H groups in total. The van der Waals surface area contributed by atoms with Crippen LogP contribution >= 0.6 is 15.9 Å². The Kier molecular flexibility index (Phi) is 5.67. The number of halogens is 1. The second-order valence-electron chi connectivity index (χ2n) is 6.49. The van der Waals surface area contributed by atoms with Crippen molar-refractivity contribution in [1.29, 1.82) is 0 Å². The molecular weight excluding hydrogens is 382 g/mol. The Morgan fingerprint density at radius 1 is 1.04 bits per heavy atom. The second kappa shape index (κ2) is 7.77. The quantitative estimate of drug-likeness (QED) is 0.817. The molecule has 4 nitrogen and oxygen atoms in total. The van der Waals surface area contributed by atoms with Gasteiger partial charge in [-0.3, -0.25) is 4.90 Å². The van der Waals surface area contributed by atoms with Crippen LogP contribution < -0.4 is 9.47 Å². The first-order valence-electron chi connectivity index (χ1n) is 8.46. The number of benzene rings is 2.